The molecule has 1 N–H and O–H groups in total. The Labute approximate surface area is 141 Å². The van der Waals surface area contributed by atoms with Gasteiger partial charge < -0.3 is 14.7 Å². The molecule has 5 nitrogen and oxygen atoms in total. The Hall–Kier alpha value is -2.82. The van der Waals surface area contributed by atoms with Crippen LogP contribution in [0.3, 0.4) is 0 Å². The SMILES string of the molecule is CCN(CC)C(=O)[C@@H](OC(=O)c1ccc(O)cc1)c1ccccc1. The first kappa shape index (κ1) is 17.5. The highest BCUT2D eigenvalue weighted by atomic mass is 16.5. The molecule has 24 heavy (non-hydrogen) atoms. The average Bonchev–Trinajstić information content (AvgIpc) is 2.61. The molecule has 126 valence electrons. The van der Waals surface area contributed by atoms with E-state index >= 15 is 0 Å². The molecule has 0 aromatic heterocycles. The highest BCUT2D eigenvalue weighted by Gasteiger charge is 2.28. The largest absolute Gasteiger partial charge is 0.508 e. The molecule has 0 saturated heterocycles. The molecule has 0 heterocycles. The summed E-state index contributed by atoms with van der Waals surface area (Å²) in [5.41, 5.74) is 0.905. The van der Waals surface area contributed by atoms with E-state index < -0.39 is 12.1 Å². The molecule has 2 aromatic carbocycles. The third kappa shape index (κ3) is 4.13. The van der Waals surface area contributed by atoms with E-state index in [0.717, 1.165) is 0 Å². The van der Waals surface area contributed by atoms with Gasteiger partial charge in [-0.2, -0.15) is 0 Å². The number of benzene rings is 2. The van der Waals surface area contributed by atoms with Crippen molar-refractivity contribution < 1.29 is 19.4 Å². The third-order valence-electron chi connectivity index (χ3n) is 3.73. The van der Waals surface area contributed by atoms with E-state index in [9.17, 15) is 14.7 Å². The number of aromatic hydroxyl groups is 1. The van der Waals surface area contributed by atoms with Gasteiger partial charge in [0.15, 0.2) is 0 Å². The van der Waals surface area contributed by atoms with E-state index in [1.165, 1.54) is 24.3 Å². The van der Waals surface area contributed by atoms with Gasteiger partial charge in [-0.15, -0.1) is 0 Å². The molecule has 0 unspecified atom stereocenters. The maximum absolute atomic E-state index is 12.7. The topological polar surface area (TPSA) is 66.8 Å². The van der Waals surface area contributed by atoms with E-state index in [0.29, 0.717) is 18.7 Å². The minimum atomic E-state index is -0.993. The molecule has 0 radical (unpaired) electrons. The van der Waals surface area contributed by atoms with Crippen molar-refractivity contribution in [3.63, 3.8) is 0 Å². The molecule has 0 saturated carbocycles. The van der Waals surface area contributed by atoms with Crippen molar-refractivity contribution in [3.05, 3.63) is 65.7 Å². The Balaban J connectivity index is 2.27. The van der Waals surface area contributed by atoms with Gasteiger partial charge in [-0.3, -0.25) is 4.79 Å². The summed E-state index contributed by atoms with van der Waals surface area (Å²) in [7, 11) is 0. The zero-order valence-electron chi connectivity index (χ0n) is 13.8. The number of hydrogen-bond acceptors (Lipinski definition) is 4. The van der Waals surface area contributed by atoms with Gasteiger partial charge in [0.25, 0.3) is 5.91 Å². The summed E-state index contributed by atoms with van der Waals surface area (Å²) in [6.45, 7) is 4.83. The molecule has 0 aliphatic carbocycles. The number of carbonyl (C=O) groups excluding carboxylic acids is 2. The van der Waals surface area contributed by atoms with E-state index in [2.05, 4.69) is 0 Å². The monoisotopic (exact) mass is 327 g/mol. The number of rotatable bonds is 6. The molecule has 5 heteroatoms. The van der Waals surface area contributed by atoms with Crippen LogP contribution in [0.1, 0.15) is 35.9 Å². The second-order valence-electron chi connectivity index (χ2n) is 5.25. The molecular formula is C19H21NO4. The molecule has 0 bridgehead atoms. The normalized spacial score (nSPS) is 11.6. The third-order valence-corrected chi connectivity index (χ3v) is 3.73. The maximum Gasteiger partial charge on any atom is 0.339 e. The Morgan fingerprint density at radius 2 is 1.58 bits per heavy atom. The van der Waals surface area contributed by atoms with Crippen LogP contribution in [0.4, 0.5) is 0 Å². The standard InChI is InChI=1S/C19H21NO4/c1-3-20(4-2)18(22)17(14-8-6-5-7-9-14)24-19(23)15-10-12-16(21)13-11-15/h5-13,17,21H,3-4H2,1-2H3/t17-/m0/s1. The quantitative estimate of drug-likeness (QED) is 0.828. The molecule has 0 aliphatic heterocycles. The number of esters is 1. The Morgan fingerprint density at radius 3 is 2.12 bits per heavy atom. The van der Waals surface area contributed by atoms with Crippen molar-refractivity contribution >= 4 is 11.9 Å². The lowest BCUT2D eigenvalue weighted by atomic mass is 10.1. The first-order chi connectivity index (χ1) is 11.6. The van der Waals surface area contributed by atoms with Crippen LogP contribution < -0.4 is 0 Å². The Kier molecular flexibility index (Phi) is 5.95. The van der Waals surface area contributed by atoms with Gasteiger partial charge >= 0.3 is 5.97 Å². The lowest BCUT2D eigenvalue weighted by Gasteiger charge is -2.25. The van der Waals surface area contributed by atoms with Crippen LogP contribution in [-0.4, -0.2) is 35.0 Å². The zero-order chi connectivity index (χ0) is 17.5. The first-order valence-corrected chi connectivity index (χ1v) is 7.90. The van der Waals surface area contributed by atoms with Crippen LogP contribution in [-0.2, 0) is 9.53 Å². The van der Waals surface area contributed by atoms with Crippen molar-refractivity contribution in [1.82, 2.24) is 4.90 Å². The minimum absolute atomic E-state index is 0.0605. The number of ether oxygens (including phenoxy) is 1. The van der Waals surface area contributed by atoms with Crippen LogP contribution in [0.25, 0.3) is 0 Å². The van der Waals surface area contributed by atoms with Crippen LogP contribution >= 0.6 is 0 Å². The molecular weight excluding hydrogens is 306 g/mol. The lowest BCUT2D eigenvalue weighted by molar-refractivity contribution is -0.140. The number of carbonyl (C=O) groups is 2. The summed E-state index contributed by atoms with van der Waals surface area (Å²) in [4.78, 5) is 26.7. The van der Waals surface area contributed by atoms with Crippen molar-refractivity contribution in [2.75, 3.05) is 13.1 Å². The molecule has 1 atom stereocenters. The molecule has 1 amide bonds. The van der Waals surface area contributed by atoms with Crippen LogP contribution in [0, 0.1) is 0 Å². The van der Waals surface area contributed by atoms with Crippen molar-refractivity contribution in [2.45, 2.75) is 20.0 Å². The molecule has 2 rings (SSSR count). The van der Waals surface area contributed by atoms with Crippen molar-refractivity contribution in [3.8, 4) is 5.75 Å². The van der Waals surface area contributed by atoms with Gasteiger partial charge in [-0.05, 0) is 38.1 Å². The van der Waals surface area contributed by atoms with Gasteiger partial charge in [0, 0.05) is 18.7 Å². The minimum Gasteiger partial charge on any atom is -0.508 e. The predicted octanol–water partition coefficient (Wildman–Crippen LogP) is 3.16. The summed E-state index contributed by atoms with van der Waals surface area (Å²) < 4.78 is 5.50. The lowest BCUT2D eigenvalue weighted by Crippen LogP contribution is -2.36. The van der Waals surface area contributed by atoms with Gasteiger partial charge in [0.1, 0.15) is 5.75 Å². The van der Waals surface area contributed by atoms with E-state index in [4.69, 9.17) is 4.74 Å². The summed E-state index contributed by atoms with van der Waals surface area (Å²) >= 11 is 0. The van der Waals surface area contributed by atoms with Crippen molar-refractivity contribution in [2.24, 2.45) is 0 Å². The number of hydrogen-bond donors (Lipinski definition) is 1. The van der Waals surface area contributed by atoms with E-state index in [1.807, 2.05) is 19.9 Å². The zero-order valence-corrected chi connectivity index (χ0v) is 13.8. The molecule has 0 aliphatic rings. The fourth-order valence-electron chi connectivity index (χ4n) is 2.36. The summed E-state index contributed by atoms with van der Waals surface area (Å²) in [5, 5.41) is 9.31. The summed E-state index contributed by atoms with van der Waals surface area (Å²) in [6.07, 6.45) is -0.993. The second-order valence-corrected chi connectivity index (χ2v) is 5.25. The summed E-state index contributed by atoms with van der Waals surface area (Å²) in [6, 6.07) is 14.7. The van der Waals surface area contributed by atoms with Gasteiger partial charge in [0.2, 0.25) is 6.10 Å². The molecule has 0 spiro atoms. The summed E-state index contributed by atoms with van der Waals surface area (Å²) in [5.74, 6) is -0.798. The van der Waals surface area contributed by atoms with E-state index in [1.54, 1.807) is 29.2 Å². The number of amides is 1. The number of nitrogens with zero attached hydrogens (tertiary/aromatic N) is 1. The smallest absolute Gasteiger partial charge is 0.339 e. The molecule has 2 aromatic rings. The van der Waals surface area contributed by atoms with E-state index in [-0.39, 0.29) is 17.2 Å². The van der Waals surface area contributed by atoms with Gasteiger partial charge in [0.05, 0.1) is 5.56 Å². The van der Waals surface area contributed by atoms with Crippen LogP contribution in [0.5, 0.6) is 5.75 Å². The fourth-order valence-corrected chi connectivity index (χ4v) is 2.36. The van der Waals surface area contributed by atoms with Crippen molar-refractivity contribution in [1.29, 1.82) is 0 Å². The highest BCUT2D eigenvalue weighted by molar-refractivity contribution is 5.92. The number of phenols is 1. The maximum atomic E-state index is 12.7. The Morgan fingerprint density at radius 1 is 1.00 bits per heavy atom. The first-order valence-electron chi connectivity index (χ1n) is 7.90. The van der Waals surface area contributed by atoms with Gasteiger partial charge in [-0.1, -0.05) is 30.3 Å². The predicted molar refractivity (Wildman–Crippen MR) is 90.6 cm³/mol. The molecule has 0 fully saturated rings. The Bertz CT molecular complexity index is 678. The highest BCUT2D eigenvalue weighted by Crippen LogP contribution is 2.22. The number of likely N-dealkylation sites (N-methyl/N-ethyl adjacent to an activating group) is 1. The average molecular weight is 327 g/mol. The van der Waals surface area contributed by atoms with Crippen LogP contribution in [0.2, 0.25) is 0 Å². The van der Waals surface area contributed by atoms with Crippen LogP contribution in [0.15, 0.2) is 54.6 Å². The fraction of sp³-hybridized carbons (Fsp3) is 0.263. The number of phenolic OH excluding ortho intramolecular Hbond substituents is 1. The van der Waals surface area contributed by atoms with Gasteiger partial charge in [-0.25, -0.2) is 4.79 Å². The second kappa shape index (κ2) is 8.15.